The van der Waals surface area contributed by atoms with Crippen molar-refractivity contribution in [3.8, 4) is 0 Å². The lowest BCUT2D eigenvalue weighted by molar-refractivity contribution is 0.0303. The van der Waals surface area contributed by atoms with Crippen molar-refractivity contribution in [1.29, 1.82) is 0 Å². The Hall–Kier alpha value is -2.13. The van der Waals surface area contributed by atoms with E-state index < -0.39 is 0 Å². The van der Waals surface area contributed by atoms with Gasteiger partial charge in [0.25, 0.3) is 5.91 Å². The molecule has 0 radical (unpaired) electrons. The first-order chi connectivity index (χ1) is 15.9. The highest BCUT2D eigenvalue weighted by Gasteiger charge is 2.45. The van der Waals surface area contributed by atoms with Crippen molar-refractivity contribution < 1.29 is 14.3 Å². The largest absolute Gasteiger partial charge is 0.378 e. The Morgan fingerprint density at radius 2 is 1.82 bits per heavy atom. The van der Waals surface area contributed by atoms with Gasteiger partial charge in [-0.15, -0.1) is 0 Å². The van der Waals surface area contributed by atoms with Crippen LogP contribution in [0.15, 0.2) is 30.6 Å². The molecular weight excluding hydrogens is 465 g/mol. The molecule has 10 heteroatoms. The van der Waals surface area contributed by atoms with Gasteiger partial charge in [0, 0.05) is 60.9 Å². The molecule has 3 fully saturated rings. The summed E-state index contributed by atoms with van der Waals surface area (Å²) in [5, 5.41) is 5.60. The van der Waals surface area contributed by atoms with E-state index in [0.717, 1.165) is 43.1 Å². The van der Waals surface area contributed by atoms with E-state index >= 15 is 0 Å². The Morgan fingerprint density at radius 1 is 1.03 bits per heavy atom. The van der Waals surface area contributed by atoms with Crippen LogP contribution in [0.3, 0.4) is 0 Å². The van der Waals surface area contributed by atoms with Crippen LogP contribution in [-0.2, 0) is 11.3 Å². The summed E-state index contributed by atoms with van der Waals surface area (Å²) in [6, 6.07) is 5.38. The fourth-order valence-corrected chi connectivity index (χ4v) is 5.50. The Kier molecular flexibility index (Phi) is 6.35. The standard InChI is InChI=1S/C23H27Cl2N5O3/c24-19-1-2-20(25)17(11-19)13-27-5-3-23(15-27)4-6-29(16-23)22(32)30-14-18(12-26-30)21(31)28-7-9-33-10-8-28/h1-2,11-12,14H,3-10,13,15-16H2. The molecule has 0 saturated carbocycles. The molecule has 1 aromatic carbocycles. The van der Waals surface area contributed by atoms with Gasteiger partial charge in [-0.2, -0.15) is 9.78 Å². The number of likely N-dealkylation sites (tertiary alicyclic amines) is 2. The molecule has 4 heterocycles. The smallest absolute Gasteiger partial charge is 0.344 e. The number of aromatic nitrogens is 2. The molecule has 33 heavy (non-hydrogen) atoms. The monoisotopic (exact) mass is 491 g/mol. The number of carbonyl (C=O) groups excluding carboxylic acids is 2. The molecule has 5 rings (SSSR count). The number of hydrogen-bond donors (Lipinski definition) is 0. The molecule has 2 aromatic rings. The lowest BCUT2D eigenvalue weighted by Crippen LogP contribution is -2.40. The second-order valence-electron chi connectivity index (χ2n) is 9.23. The molecule has 1 spiro atoms. The van der Waals surface area contributed by atoms with Crippen molar-refractivity contribution >= 4 is 35.1 Å². The first-order valence-electron chi connectivity index (χ1n) is 11.3. The third-order valence-electron chi connectivity index (χ3n) is 6.95. The summed E-state index contributed by atoms with van der Waals surface area (Å²) in [5.74, 6) is -0.110. The molecule has 0 aliphatic carbocycles. The first kappa shape index (κ1) is 22.7. The van der Waals surface area contributed by atoms with Crippen LogP contribution in [0.5, 0.6) is 0 Å². The minimum absolute atomic E-state index is 0.0836. The summed E-state index contributed by atoms with van der Waals surface area (Å²) in [7, 11) is 0. The number of hydrogen-bond acceptors (Lipinski definition) is 5. The van der Waals surface area contributed by atoms with Gasteiger partial charge in [0.15, 0.2) is 0 Å². The van der Waals surface area contributed by atoms with Crippen molar-refractivity contribution in [2.45, 2.75) is 19.4 Å². The van der Waals surface area contributed by atoms with Crippen LogP contribution in [0.25, 0.3) is 0 Å². The van der Waals surface area contributed by atoms with Gasteiger partial charge in [-0.3, -0.25) is 9.69 Å². The van der Waals surface area contributed by atoms with Crippen LogP contribution in [0.2, 0.25) is 10.0 Å². The minimum Gasteiger partial charge on any atom is -0.378 e. The van der Waals surface area contributed by atoms with E-state index in [4.69, 9.17) is 27.9 Å². The number of morpholine rings is 1. The summed E-state index contributed by atoms with van der Waals surface area (Å²) in [4.78, 5) is 31.7. The third kappa shape index (κ3) is 4.75. The van der Waals surface area contributed by atoms with Crippen molar-refractivity contribution in [3.05, 3.63) is 51.8 Å². The molecule has 0 bridgehead atoms. The van der Waals surface area contributed by atoms with Gasteiger partial charge in [-0.05, 0) is 43.1 Å². The molecule has 1 atom stereocenters. The van der Waals surface area contributed by atoms with E-state index in [1.807, 2.05) is 17.0 Å². The molecule has 176 valence electrons. The third-order valence-corrected chi connectivity index (χ3v) is 7.56. The maximum absolute atomic E-state index is 13.1. The number of nitrogens with zero attached hydrogens (tertiary/aromatic N) is 5. The van der Waals surface area contributed by atoms with Crippen LogP contribution >= 0.6 is 23.2 Å². The Bertz CT molecular complexity index is 1050. The molecule has 8 nitrogen and oxygen atoms in total. The van der Waals surface area contributed by atoms with Crippen LogP contribution in [0.4, 0.5) is 4.79 Å². The van der Waals surface area contributed by atoms with Crippen molar-refractivity contribution in [3.63, 3.8) is 0 Å². The molecule has 3 aliphatic rings. The highest BCUT2D eigenvalue weighted by atomic mass is 35.5. The highest BCUT2D eigenvalue weighted by Crippen LogP contribution is 2.40. The lowest BCUT2D eigenvalue weighted by Gasteiger charge is -2.26. The molecule has 0 N–H and O–H groups in total. The fourth-order valence-electron chi connectivity index (χ4n) is 5.13. The Labute approximate surface area is 203 Å². The maximum atomic E-state index is 13.1. The predicted octanol–water partition coefficient (Wildman–Crippen LogP) is 3.23. The number of ether oxygens (including phenoxy) is 1. The fraction of sp³-hybridized carbons (Fsp3) is 0.522. The zero-order valence-corrected chi connectivity index (χ0v) is 19.9. The summed E-state index contributed by atoms with van der Waals surface area (Å²) in [6.07, 6.45) is 5.02. The molecule has 1 aromatic heterocycles. The van der Waals surface area contributed by atoms with Gasteiger partial charge in [0.1, 0.15) is 0 Å². The molecule has 3 aliphatic heterocycles. The number of rotatable bonds is 3. The Morgan fingerprint density at radius 3 is 2.64 bits per heavy atom. The van der Waals surface area contributed by atoms with Gasteiger partial charge < -0.3 is 14.5 Å². The van der Waals surface area contributed by atoms with Gasteiger partial charge >= 0.3 is 6.03 Å². The molecule has 1 unspecified atom stereocenters. The summed E-state index contributed by atoms with van der Waals surface area (Å²) < 4.78 is 6.60. The summed E-state index contributed by atoms with van der Waals surface area (Å²) >= 11 is 12.5. The maximum Gasteiger partial charge on any atom is 0.344 e. The average Bonchev–Trinajstić information content (AvgIpc) is 3.57. The topological polar surface area (TPSA) is 70.9 Å². The minimum atomic E-state index is -0.177. The summed E-state index contributed by atoms with van der Waals surface area (Å²) in [5.41, 5.74) is 1.55. The first-order valence-corrected chi connectivity index (χ1v) is 12.1. The zero-order chi connectivity index (χ0) is 23.0. The Balaban J connectivity index is 1.20. The van der Waals surface area contributed by atoms with Crippen molar-refractivity contribution in [2.75, 3.05) is 52.5 Å². The zero-order valence-electron chi connectivity index (χ0n) is 18.4. The summed E-state index contributed by atoms with van der Waals surface area (Å²) in [6.45, 7) is 6.21. The highest BCUT2D eigenvalue weighted by molar-refractivity contribution is 6.33. The quantitative estimate of drug-likeness (QED) is 0.658. The van der Waals surface area contributed by atoms with E-state index in [0.29, 0.717) is 50.0 Å². The molecular formula is C23H27Cl2N5O3. The van der Waals surface area contributed by atoms with Crippen LogP contribution in [-0.4, -0.2) is 88.9 Å². The lowest BCUT2D eigenvalue weighted by atomic mass is 9.86. The van der Waals surface area contributed by atoms with Crippen LogP contribution in [0.1, 0.15) is 28.8 Å². The van der Waals surface area contributed by atoms with E-state index in [2.05, 4.69) is 10.00 Å². The van der Waals surface area contributed by atoms with Gasteiger partial charge in [-0.1, -0.05) is 23.2 Å². The van der Waals surface area contributed by atoms with E-state index in [-0.39, 0.29) is 17.4 Å². The van der Waals surface area contributed by atoms with Gasteiger partial charge in [-0.25, -0.2) is 4.79 Å². The van der Waals surface area contributed by atoms with Crippen LogP contribution in [0, 0.1) is 5.41 Å². The van der Waals surface area contributed by atoms with Crippen molar-refractivity contribution in [2.24, 2.45) is 5.41 Å². The second-order valence-corrected chi connectivity index (χ2v) is 10.1. The SMILES string of the molecule is O=C(c1cnn(C(=O)N2CCC3(CCN(Cc4cc(Cl)ccc4Cl)C3)C2)c1)N1CCOCC1. The number of amides is 2. The van der Waals surface area contributed by atoms with E-state index in [1.165, 1.54) is 10.9 Å². The number of halogens is 2. The number of carbonyl (C=O) groups is 2. The van der Waals surface area contributed by atoms with E-state index in [9.17, 15) is 9.59 Å². The van der Waals surface area contributed by atoms with Gasteiger partial charge in [0.05, 0.1) is 25.0 Å². The van der Waals surface area contributed by atoms with Gasteiger partial charge in [0.2, 0.25) is 0 Å². The van der Waals surface area contributed by atoms with Crippen molar-refractivity contribution in [1.82, 2.24) is 24.5 Å². The second kappa shape index (κ2) is 9.25. The normalized spacial score (nSPS) is 23.6. The van der Waals surface area contributed by atoms with E-state index in [1.54, 1.807) is 17.2 Å². The van der Waals surface area contributed by atoms with Crippen LogP contribution < -0.4 is 0 Å². The molecule has 2 amide bonds. The molecule has 3 saturated heterocycles. The average molecular weight is 492 g/mol. The number of benzene rings is 1. The predicted molar refractivity (Wildman–Crippen MR) is 125 cm³/mol.